The number of aromatic nitrogens is 2. The zero-order chi connectivity index (χ0) is 14.5. The number of carbonyl (C=O) groups is 1. The molecule has 0 saturated carbocycles. The predicted molar refractivity (Wildman–Crippen MR) is 74.3 cm³/mol. The largest absolute Gasteiger partial charge is 0.376 e. The maximum Gasteiger partial charge on any atom is 0.255 e. The molecule has 1 aromatic heterocycles. The summed E-state index contributed by atoms with van der Waals surface area (Å²) in [4.78, 5) is 27.8. The van der Waals surface area contributed by atoms with Gasteiger partial charge in [0.15, 0.2) is 0 Å². The van der Waals surface area contributed by atoms with Crippen LogP contribution in [0.2, 0.25) is 0 Å². The summed E-state index contributed by atoms with van der Waals surface area (Å²) in [5.41, 5.74) is 6.04. The Morgan fingerprint density at radius 1 is 1.65 bits per heavy atom. The summed E-state index contributed by atoms with van der Waals surface area (Å²) >= 11 is 0. The summed E-state index contributed by atoms with van der Waals surface area (Å²) in [6.45, 7) is 2.98. The number of hydrogen-bond donors (Lipinski definition) is 2. The second kappa shape index (κ2) is 6.51. The van der Waals surface area contributed by atoms with Gasteiger partial charge < -0.3 is 15.8 Å². The number of aryl methyl sites for hydroxylation is 1. The molecule has 1 aromatic rings. The minimum atomic E-state index is -0.304. The first-order valence-electron chi connectivity index (χ1n) is 6.84. The van der Waals surface area contributed by atoms with Crippen molar-refractivity contribution in [2.24, 2.45) is 0 Å². The van der Waals surface area contributed by atoms with Gasteiger partial charge in [0.1, 0.15) is 6.54 Å². The monoisotopic (exact) mass is 280 g/mol. The van der Waals surface area contributed by atoms with Gasteiger partial charge in [-0.3, -0.25) is 14.2 Å². The Labute approximate surface area is 117 Å². The predicted octanol–water partition coefficient (Wildman–Crippen LogP) is -0.317. The normalized spacial score (nSPS) is 18.1. The molecule has 0 radical (unpaired) electrons. The molecule has 1 aliphatic heterocycles. The van der Waals surface area contributed by atoms with Crippen LogP contribution in [0.5, 0.6) is 0 Å². The van der Waals surface area contributed by atoms with Crippen molar-refractivity contribution in [1.82, 2.24) is 14.9 Å². The molecule has 7 nitrogen and oxygen atoms in total. The van der Waals surface area contributed by atoms with E-state index in [0.717, 1.165) is 19.4 Å². The van der Waals surface area contributed by atoms with Crippen LogP contribution >= 0.6 is 0 Å². The van der Waals surface area contributed by atoms with Gasteiger partial charge in [0, 0.05) is 24.9 Å². The standard InChI is InChI=1S/C13H20N4O3/c1-2-9-6-12(19)17(13(14)16-9)8-11(18)15-7-10-4-3-5-20-10/h6,10H,2-5,7-8H2,1H3,(H2,14,16)(H,15,18). The summed E-state index contributed by atoms with van der Waals surface area (Å²) in [7, 11) is 0. The SMILES string of the molecule is CCc1cc(=O)n(CC(=O)NCC2CCCO2)c(N)n1. The molecule has 2 rings (SSSR count). The van der Waals surface area contributed by atoms with Gasteiger partial charge in [0.25, 0.3) is 5.56 Å². The van der Waals surface area contributed by atoms with E-state index >= 15 is 0 Å². The maximum absolute atomic E-state index is 11.9. The van der Waals surface area contributed by atoms with Crippen molar-refractivity contribution >= 4 is 11.9 Å². The molecule has 0 aromatic carbocycles. The summed E-state index contributed by atoms with van der Waals surface area (Å²) < 4.78 is 6.58. The third-order valence-electron chi connectivity index (χ3n) is 3.31. The van der Waals surface area contributed by atoms with Crippen molar-refractivity contribution in [3.05, 3.63) is 22.1 Å². The molecule has 1 amide bonds. The number of ether oxygens (including phenoxy) is 1. The molecule has 0 bridgehead atoms. The minimum absolute atomic E-state index is 0.0709. The average molecular weight is 280 g/mol. The van der Waals surface area contributed by atoms with E-state index in [1.54, 1.807) is 0 Å². The van der Waals surface area contributed by atoms with Gasteiger partial charge in [0.05, 0.1) is 6.10 Å². The Bertz CT molecular complexity index is 535. The lowest BCUT2D eigenvalue weighted by Gasteiger charge is -2.12. The van der Waals surface area contributed by atoms with Crippen LogP contribution in [0.3, 0.4) is 0 Å². The lowest BCUT2D eigenvalue weighted by Crippen LogP contribution is -2.37. The minimum Gasteiger partial charge on any atom is -0.376 e. The molecule has 2 heterocycles. The van der Waals surface area contributed by atoms with Crippen LogP contribution in [0.4, 0.5) is 5.95 Å². The molecule has 1 fully saturated rings. The van der Waals surface area contributed by atoms with Crippen LogP contribution in [0, 0.1) is 0 Å². The van der Waals surface area contributed by atoms with Gasteiger partial charge in [-0.15, -0.1) is 0 Å². The van der Waals surface area contributed by atoms with E-state index in [1.165, 1.54) is 10.6 Å². The average Bonchev–Trinajstić information content (AvgIpc) is 2.93. The molecule has 7 heteroatoms. The van der Waals surface area contributed by atoms with Crippen molar-refractivity contribution in [1.29, 1.82) is 0 Å². The highest BCUT2D eigenvalue weighted by Gasteiger charge is 2.17. The number of anilines is 1. The number of rotatable bonds is 5. The maximum atomic E-state index is 11.9. The molecule has 0 aliphatic carbocycles. The Kier molecular flexibility index (Phi) is 4.73. The first-order valence-corrected chi connectivity index (χ1v) is 6.84. The Morgan fingerprint density at radius 2 is 2.45 bits per heavy atom. The van der Waals surface area contributed by atoms with Crippen molar-refractivity contribution in [2.45, 2.75) is 38.8 Å². The van der Waals surface area contributed by atoms with Crippen molar-refractivity contribution in [3.8, 4) is 0 Å². The first-order chi connectivity index (χ1) is 9.60. The third kappa shape index (κ3) is 3.57. The van der Waals surface area contributed by atoms with E-state index in [9.17, 15) is 9.59 Å². The van der Waals surface area contributed by atoms with Crippen LogP contribution < -0.4 is 16.6 Å². The molecule has 0 spiro atoms. The highest BCUT2D eigenvalue weighted by Crippen LogP contribution is 2.10. The number of carbonyl (C=O) groups excluding carboxylic acids is 1. The third-order valence-corrected chi connectivity index (χ3v) is 3.31. The van der Waals surface area contributed by atoms with Gasteiger partial charge in [-0.1, -0.05) is 6.92 Å². The van der Waals surface area contributed by atoms with Crippen LogP contribution in [0.25, 0.3) is 0 Å². The van der Waals surface area contributed by atoms with E-state index in [4.69, 9.17) is 10.5 Å². The summed E-state index contributed by atoms with van der Waals surface area (Å²) in [5, 5.41) is 2.75. The Morgan fingerprint density at radius 3 is 3.05 bits per heavy atom. The molecule has 1 atom stereocenters. The molecule has 3 N–H and O–H groups in total. The van der Waals surface area contributed by atoms with Crippen molar-refractivity contribution in [2.75, 3.05) is 18.9 Å². The van der Waals surface area contributed by atoms with Gasteiger partial charge in [-0.05, 0) is 19.3 Å². The zero-order valence-electron chi connectivity index (χ0n) is 11.6. The quantitative estimate of drug-likeness (QED) is 0.770. The van der Waals surface area contributed by atoms with Gasteiger partial charge in [0.2, 0.25) is 11.9 Å². The molecular weight excluding hydrogens is 260 g/mol. The van der Waals surface area contributed by atoms with Crippen LogP contribution in [0.15, 0.2) is 10.9 Å². The smallest absolute Gasteiger partial charge is 0.255 e. The van der Waals surface area contributed by atoms with E-state index in [2.05, 4.69) is 10.3 Å². The Balaban J connectivity index is 1.95. The molecule has 1 saturated heterocycles. The van der Waals surface area contributed by atoms with Crippen LogP contribution in [0.1, 0.15) is 25.5 Å². The van der Waals surface area contributed by atoms with E-state index in [1.807, 2.05) is 6.92 Å². The highest BCUT2D eigenvalue weighted by molar-refractivity contribution is 5.76. The molecule has 20 heavy (non-hydrogen) atoms. The van der Waals surface area contributed by atoms with Gasteiger partial charge >= 0.3 is 0 Å². The second-order valence-corrected chi connectivity index (χ2v) is 4.82. The number of nitrogens with one attached hydrogen (secondary N) is 1. The first kappa shape index (κ1) is 14.5. The second-order valence-electron chi connectivity index (χ2n) is 4.82. The summed E-state index contributed by atoms with van der Waals surface area (Å²) in [5.74, 6) is -0.193. The molecular formula is C13H20N4O3. The number of hydrogen-bond acceptors (Lipinski definition) is 5. The number of amides is 1. The molecule has 1 unspecified atom stereocenters. The fraction of sp³-hybridized carbons (Fsp3) is 0.615. The van der Waals surface area contributed by atoms with Gasteiger partial charge in [-0.25, -0.2) is 4.98 Å². The van der Waals surface area contributed by atoms with Gasteiger partial charge in [-0.2, -0.15) is 0 Å². The zero-order valence-corrected chi connectivity index (χ0v) is 11.6. The number of nitrogens with two attached hydrogens (primary N) is 1. The fourth-order valence-corrected chi connectivity index (χ4v) is 2.15. The van der Waals surface area contributed by atoms with Crippen molar-refractivity contribution in [3.63, 3.8) is 0 Å². The summed E-state index contributed by atoms with van der Waals surface area (Å²) in [6, 6.07) is 1.41. The fourth-order valence-electron chi connectivity index (χ4n) is 2.15. The van der Waals surface area contributed by atoms with Crippen LogP contribution in [-0.2, 0) is 22.5 Å². The topological polar surface area (TPSA) is 99.2 Å². The van der Waals surface area contributed by atoms with E-state index in [0.29, 0.717) is 18.7 Å². The molecule has 110 valence electrons. The lowest BCUT2D eigenvalue weighted by atomic mass is 10.2. The highest BCUT2D eigenvalue weighted by atomic mass is 16.5. The van der Waals surface area contributed by atoms with Crippen LogP contribution in [-0.4, -0.2) is 34.7 Å². The number of nitrogen functional groups attached to an aromatic ring is 1. The molecule has 1 aliphatic rings. The van der Waals surface area contributed by atoms with E-state index < -0.39 is 0 Å². The lowest BCUT2D eigenvalue weighted by molar-refractivity contribution is -0.122. The number of nitrogens with zero attached hydrogens (tertiary/aromatic N) is 2. The van der Waals surface area contributed by atoms with Crippen molar-refractivity contribution < 1.29 is 9.53 Å². The Hall–Kier alpha value is -1.89. The summed E-state index contributed by atoms with van der Waals surface area (Å²) in [6.07, 6.45) is 2.68. The van der Waals surface area contributed by atoms with E-state index in [-0.39, 0.29) is 30.1 Å².